The fraction of sp³-hybridized carbons (Fsp3) is 0.571. The van der Waals surface area contributed by atoms with Crippen molar-refractivity contribution in [1.82, 2.24) is 0 Å². The van der Waals surface area contributed by atoms with E-state index < -0.39 is 0 Å². The second-order valence-corrected chi connectivity index (χ2v) is 6.49. The molecule has 0 aromatic heterocycles. The van der Waals surface area contributed by atoms with Crippen LogP contribution in [-0.4, -0.2) is 11.9 Å². The van der Waals surface area contributed by atoms with E-state index in [1.165, 1.54) is 18.4 Å². The van der Waals surface area contributed by atoms with Crippen LogP contribution in [0.3, 0.4) is 0 Å². The van der Waals surface area contributed by atoms with Crippen molar-refractivity contribution in [3.63, 3.8) is 0 Å². The van der Waals surface area contributed by atoms with Crippen LogP contribution >= 0.6 is 27.5 Å². The molecule has 17 heavy (non-hydrogen) atoms. The van der Waals surface area contributed by atoms with Crippen LogP contribution in [0, 0.1) is 11.8 Å². The van der Waals surface area contributed by atoms with Gasteiger partial charge in [0.05, 0.1) is 7.11 Å². The van der Waals surface area contributed by atoms with E-state index in [0.717, 1.165) is 29.0 Å². The van der Waals surface area contributed by atoms with Crippen molar-refractivity contribution < 1.29 is 4.74 Å². The summed E-state index contributed by atoms with van der Waals surface area (Å²) in [6.07, 6.45) is 3.62. The van der Waals surface area contributed by atoms with Gasteiger partial charge in [-0.1, -0.05) is 34.5 Å². The van der Waals surface area contributed by atoms with Crippen LogP contribution in [0.2, 0.25) is 5.02 Å². The molecule has 3 atom stereocenters. The van der Waals surface area contributed by atoms with E-state index >= 15 is 0 Å². The normalized spacial score (nSPS) is 28.4. The summed E-state index contributed by atoms with van der Waals surface area (Å²) in [5.74, 6) is 2.41. The van der Waals surface area contributed by atoms with Crippen LogP contribution in [0.5, 0.6) is 5.75 Å². The molecule has 0 bridgehead atoms. The highest BCUT2D eigenvalue weighted by Gasteiger charge is 2.31. The SMILES string of the molecule is COc1ccc(Cl)cc1CC1CCC(Br)C1C. The van der Waals surface area contributed by atoms with Gasteiger partial charge in [0.15, 0.2) is 0 Å². The number of halogens is 2. The van der Waals surface area contributed by atoms with Crippen LogP contribution in [-0.2, 0) is 6.42 Å². The molecule has 3 unspecified atom stereocenters. The van der Waals surface area contributed by atoms with Gasteiger partial charge in [-0.2, -0.15) is 0 Å². The Hall–Kier alpha value is -0.210. The Kier molecular flexibility index (Phi) is 4.37. The van der Waals surface area contributed by atoms with Crippen LogP contribution < -0.4 is 4.74 Å². The lowest BCUT2D eigenvalue weighted by molar-refractivity contribution is 0.388. The zero-order chi connectivity index (χ0) is 12.4. The fourth-order valence-corrected chi connectivity index (χ4v) is 3.56. The molecule has 3 heteroatoms. The van der Waals surface area contributed by atoms with Gasteiger partial charge in [0.2, 0.25) is 0 Å². The first-order valence-electron chi connectivity index (χ1n) is 6.08. The summed E-state index contributed by atoms with van der Waals surface area (Å²) < 4.78 is 5.40. The third kappa shape index (κ3) is 2.97. The van der Waals surface area contributed by atoms with Gasteiger partial charge in [-0.3, -0.25) is 0 Å². The first kappa shape index (κ1) is 13.2. The second kappa shape index (κ2) is 5.62. The van der Waals surface area contributed by atoms with Crippen molar-refractivity contribution >= 4 is 27.5 Å². The Morgan fingerprint density at radius 2 is 2.18 bits per heavy atom. The van der Waals surface area contributed by atoms with E-state index in [4.69, 9.17) is 16.3 Å². The largest absolute Gasteiger partial charge is 0.496 e. The first-order valence-corrected chi connectivity index (χ1v) is 7.37. The lowest BCUT2D eigenvalue weighted by Crippen LogP contribution is -2.13. The molecule has 1 fully saturated rings. The molecule has 0 saturated heterocycles. The summed E-state index contributed by atoms with van der Waals surface area (Å²) in [4.78, 5) is 0.665. The Bertz CT molecular complexity index is 394. The predicted molar refractivity (Wildman–Crippen MR) is 76.3 cm³/mol. The topological polar surface area (TPSA) is 9.23 Å². The maximum atomic E-state index is 6.06. The molecule has 0 N–H and O–H groups in total. The number of rotatable bonds is 3. The van der Waals surface area contributed by atoms with Crippen molar-refractivity contribution in [1.29, 1.82) is 0 Å². The van der Waals surface area contributed by atoms with Crippen LogP contribution in [0.25, 0.3) is 0 Å². The van der Waals surface area contributed by atoms with E-state index in [-0.39, 0.29) is 0 Å². The minimum absolute atomic E-state index is 0.665. The average molecular weight is 318 g/mol. The maximum absolute atomic E-state index is 6.06. The lowest BCUT2D eigenvalue weighted by atomic mass is 9.90. The van der Waals surface area contributed by atoms with Crippen LogP contribution in [0.1, 0.15) is 25.3 Å². The van der Waals surface area contributed by atoms with Crippen LogP contribution in [0.4, 0.5) is 0 Å². The number of hydrogen-bond acceptors (Lipinski definition) is 1. The van der Waals surface area contributed by atoms with E-state index in [0.29, 0.717) is 4.83 Å². The molecule has 1 aliphatic carbocycles. The summed E-state index contributed by atoms with van der Waals surface area (Å²) in [6, 6.07) is 5.88. The summed E-state index contributed by atoms with van der Waals surface area (Å²) in [5, 5.41) is 0.793. The first-order chi connectivity index (χ1) is 8.11. The molecular formula is C14H18BrClO. The standard InChI is InChI=1S/C14H18BrClO/c1-9-10(3-5-13(9)15)7-11-8-12(16)4-6-14(11)17-2/h4,6,8-10,13H,3,5,7H2,1-2H3. The summed E-state index contributed by atoms with van der Waals surface area (Å²) in [6.45, 7) is 2.33. The number of benzene rings is 1. The van der Waals surface area contributed by atoms with Gasteiger partial charge >= 0.3 is 0 Å². The molecule has 0 amide bonds. The van der Waals surface area contributed by atoms with Gasteiger partial charge in [0, 0.05) is 9.85 Å². The van der Waals surface area contributed by atoms with E-state index in [1.54, 1.807) is 7.11 Å². The van der Waals surface area contributed by atoms with E-state index in [9.17, 15) is 0 Å². The Morgan fingerprint density at radius 3 is 2.76 bits per heavy atom. The minimum atomic E-state index is 0.665. The molecule has 1 nitrogen and oxygen atoms in total. The average Bonchev–Trinajstić information content (AvgIpc) is 2.61. The zero-order valence-corrected chi connectivity index (χ0v) is 12.6. The summed E-state index contributed by atoms with van der Waals surface area (Å²) in [7, 11) is 1.72. The third-order valence-corrected chi connectivity index (χ3v) is 5.38. The smallest absolute Gasteiger partial charge is 0.122 e. The number of alkyl halides is 1. The number of methoxy groups -OCH3 is 1. The highest BCUT2D eigenvalue weighted by atomic mass is 79.9. The molecular weight excluding hydrogens is 300 g/mol. The highest BCUT2D eigenvalue weighted by molar-refractivity contribution is 9.09. The van der Waals surface area contributed by atoms with Crippen LogP contribution in [0.15, 0.2) is 18.2 Å². The Labute approximate surface area is 117 Å². The molecule has 0 aliphatic heterocycles. The molecule has 2 rings (SSSR count). The van der Waals surface area contributed by atoms with Crippen molar-refractivity contribution in [3.8, 4) is 5.75 Å². The highest BCUT2D eigenvalue weighted by Crippen LogP contribution is 2.39. The molecule has 1 aromatic rings. The zero-order valence-electron chi connectivity index (χ0n) is 10.2. The second-order valence-electron chi connectivity index (χ2n) is 4.87. The molecule has 0 spiro atoms. The predicted octanol–water partition coefficient (Wildman–Crippen LogP) is 4.70. The van der Waals surface area contributed by atoms with Gasteiger partial charge in [-0.15, -0.1) is 0 Å². The van der Waals surface area contributed by atoms with Gasteiger partial charge in [0.1, 0.15) is 5.75 Å². The Balaban J connectivity index is 2.15. The van der Waals surface area contributed by atoms with Gasteiger partial charge in [-0.25, -0.2) is 0 Å². The summed E-state index contributed by atoms with van der Waals surface area (Å²) in [5.41, 5.74) is 1.23. The monoisotopic (exact) mass is 316 g/mol. The Morgan fingerprint density at radius 1 is 1.41 bits per heavy atom. The number of ether oxygens (including phenoxy) is 1. The van der Waals surface area contributed by atoms with Crippen molar-refractivity contribution in [2.24, 2.45) is 11.8 Å². The molecule has 0 radical (unpaired) electrons. The van der Waals surface area contributed by atoms with E-state index in [1.807, 2.05) is 18.2 Å². The lowest BCUT2D eigenvalue weighted by Gasteiger charge is -2.19. The molecule has 0 heterocycles. The molecule has 94 valence electrons. The van der Waals surface area contributed by atoms with Crippen molar-refractivity contribution in [2.45, 2.75) is 31.0 Å². The van der Waals surface area contributed by atoms with Gasteiger partial charge in [-0.05, 0) is 54.9 Å². The maximum Gasteiger partial charge on any atom is 0.122 e. The minimum Gasteiger partial charge on any atom is -0.496 e. The van der Waals surface area contributed by atoms with Crippen molar-refractivity contribution in [3.05, 3.63) is 28.8 Å². The van der Waals surface area contributed by atoms with E-state index in [2.05, 4.69) is 22.9 Å². The molecule has 1 aliphatic rings. The van der Waals surface area contributed by atoms with Gasteiger partial charge in [0.25, 0.3) is 0 Å². The fourth-order valence-electron chi connectivity index (χ4n) is 2.67. The quantitative estimate of drug-likeness (QED) is 0.734. The van der Waals surface area contributed by atoms with Crippen molar-refractivity contribution in [2.75, 3.05) is 7.11 Å². The molecule has 1 aromatic carbocycles. The third-order valence-electron chi connectivity index (χ3n) is 3.85. The molecule has 1 saturated carbocycles. The summed E-state index contributed by atoms with van der Waals surface area (Å²) >= 11 is 9.81. The van der Waals surface area contributed by atoms with Gasteiger partial charge < -0.3 is 4.74 Å². The number of hydrogen-bond donors (Lipinski definition) is 0.